The molecule has 2 heterocycles. The summed E-state index contributed by atoms with van der Waals surface area (Å²) in [5.74, 6) is 0.190. The van der Waals surface area contributed by atoms with Crippen LogP contribution in [0.15, 0.2) is 0 Å². The van der Waals surface area contributed by atoms with Crippen molar-refractivity contribution in [1.82, 2.24) is 9.80 Å². The van der Waals surface area contributed by atoms with Crippen LogP contribution in [0.1, 0.15) is 19.8 Å². The highest BCUT2D eigenvalue weighted by molar-refractivity contribution is 5.73. The molecule has 2 aliphatic heterocycles. The predicted octanol–water partition coefficient (Wildman–Crippen LogP) is 0.346. The van der Waals surface area contributed by atoms with Gasteiger partial charge in [0.2, 0.25) is 5.91 Å². The fourth-order valence-corrected chi connectivity index (χ4v) is 2.67. The Bertz CT molecular complexity index is 261. The Kier molecular flexibility index (Phi) is 5.41. The molecule has 0 atom stereocenters. The zero-order valence-electron chi connectivity index (χ0n) is 11.3. The van der Waals surface area contributed by atoms with E-state index in [1.165, 1.54) is 0 Å². The SMILES string of the molecule is CC(=O)N(CCN1CCOCC1)C1CCOCC1. The lowest BCUT2D eigenvalue weighted by atomic mass is 10.1. The van der Waals surface area contributed by atoms with Gasteiger partial charge in [-0.2, -0.15) is 0 Å². The molecule has 1 amide bonds. The highest BCUT2D eigenvalue weighted by Crippen LogP contribution is 2.14. The molecule has 0 unspecified atom stereocenters. The summed E-state index contributed by atoms with van der Waals surface area (Å²) in [5.41, 5.74) is 0. The lowest BCUT2D eigenvalue weighted by molar-refractivity contribution is -0.133. The number of nitrogens with zero attached hydrogens (tertiary/aromatic N) is 2. The number of rotatable bonds is 4. The highest BCUT2D eigenvalue weighted by atomic mass is 16.5. The second-order valence-electron chi connectivity index (χ2n) is 5.01. The lowest BCUT2D eigenvalue weighted by Gasteiger charge is -2.36. The Hall–Kier alpha value is -0.650. The topological polar surface area (TPSA) is 42.0 Å². The van der Waals surface area contributed by atoms with Crippen molar-refractivity contribution in [3.8, 4) is 0 Å². The van der Waals surface area contributed by atoms with Crippen LogP contribution in [0.5, 0.6) is 0 Å². The normalized spacial score (nSPS) is 22.9. The molecule has 2 aliphatic rings. The van der Waals surface area contributed by atoms with E-state index < -0.39 is 0 Å². The van der Waals surface area contributed by atoms with Crippen LogP contribution in [0.4, 0.5) is 0 Å². The molecule has 0 spiro atoms. The molecule has 0 bridgehead atoms. The molecule has 5 nitrogen and oxygen atoms in total. The van der Waals surface area contributed by atoms with Gasteiger partial charge in [-0.05, 0) is 12.8 Å². The first-order valence-corrected chi connectivity index (χ1v) is 6.92. The molecule has 0 aromatic carbocycles. The van der Waals surface area contributed by atoms with Gasteiger partial charge in [0.05, 0.1) is 13.2 Å². The second kappa shape index (κ2) is 7.07. The lowest BCUT2D eigenvalue weighted by Crippen LogP contribution is -2.47. The van der Waals surface area contributed by atoms with Crippen LogP contribution in [0, 0.1) is 0 Å². The van der Waals surface area contributed by atoms with Crippen LogP contribution in [0.3, 0.4) is 0 Å². The summed E-state index contributed by atoms with van der Waals surface area (Å²) in [5, 5.41) is 0. The Labute approximate surface area is 109 Å². The molecule has 2 rings (SSSR count). The van der Waals surface area contributed by atoms with Crippen molar-refractivity contribution in [1.29, 1.82) is 0 Å². The average molecular weight is 256 g/mol. The quantitative estimate of drug-likeness (QED) is 0.728. The minimum atomic E-state index is 0.190. The summed E-state index contributed by atoms with van der Waals surface area (Å²) in [6.45, 7) is 8.64. The molecule has 0 aliphatic carbocycles. The van der Waals surface area contributed by atoms with Gasteiger partial charge in [0.15, 0.2) is 0 Å². The minimum Gasteiger partial charge on any atom is -0.381 e. The zero-order valence-corrected chi connectivity index (χ0v) is 11.3. The molecule has 0 aromatic rings. The number of hydrogen-bond donors (Lipinski definition) is 0. The van der Waals surface area contributed by atoms with E-state index in [0.29, 0.717) is 6.04 Å². The van der Waals surface area contributed by atoms with Crippen LogP contribution in [-0.2, 0) is 14.3 Å². The van der Waals surface area contributed by atoms with E-state index in [0.717, 1.165) is 65.4 Å². The molecule has 104 valence electrons. The minimum absolute atomic E-state index is 0.190. The maximum Gasteiger partial charge on any atom is 0.219 e. The summed E-state index contributed by atoms with van der Waals surface area (Å²) < 4.78 is 10.7. The number of morpholine rings is 1. The molecule has 18 heavy (non-hydrogen) atoms. The standard InChI is InChI=1S/C13H24N2O3/c1-12(16)15(13-2-8-17-9-3-13)5-4-14-6-10-18-11-7-14/h13H,2-11H2,1H3. The third-order valence-electron chi connectivity index (χ3n) is 3.80. The molecule has 5 heteroatoms. The monoisotopic (exact) mass is 256 g/mol. The first-order chi connectivity index (χ1) is 8.77. The van der Waals surface area contributed by atoms with Gasteiger partial charge in [-0.1, -0.05) is 0 Å². The van der Waals surface area contributed by atoms with E-state index in [4.69, 9.17) is 9.47 Å². The van der Waals surface area contributed by atoms with Gasteiger partial charge in [-0.3, -0.25) is 9.69 Å². The van der Waals surface area contributed by atoms with Crippen molar-refractivity contribution < 1.29 is 14.3 Å². The number of ether oxygens (including phenoxy) is 2. The molecular weight excluding hydrogens is 232 g/mol. The summed E-state index contributed by atoms with van der Waals surface area (Å²) in [4.78, 5) is 16.2. The maximum atomic E-state index is 11.8. The van der Waals surface area contributed by atoms with Gasteiger partial charge >= 0.3 is 0 Å². The van der Waals surface area contributed by atoms with E-state index in [1.54, 1.807) is 6.92 Å². The second-order valence-corrected chi connectivity index (χ2v) is 5.01. The van der Waals surface area contributed by atoms with Gasteiger partial charge in [-0.15, -0.1) is 0 Å². The Balaban J connectivity index is 1.79. The van der Waals surface area contributed by atoms with Crippen molar-refractivity contribution in [2.24, 2.45) is 0 Å². The van der Waals surface area contributed by atoms with Crippen molar-refractivity contribution >= 4 is 5.91 Å². The molecule has 0 N–H and O–H groups in total. The van der Waals surface area contributed by atoms with E-state index in [-0.39, 0.29) is 5.91 Å². The van der Waals surface area contributed by atoms with E-state index in [1.807, 2.05) is 4.90 Å². The Morgan fingerprint density at radius 3 is 2.39 bits per heavy atom. The Morgan fingerprint density at radius 2 is 1.78 bits per heavy atom. The van der Waals surface area contributed by atoms with Gasteiger partial charge < -0.3 is 14.4 Å². The van der Waals surface area contributed by atoms with Crippen LogP contribution in [0.25, 0.3) is 0 Å². The van der Waals surface area contributed by atoms with Crippen molar-refractivity contribution in [2.75, 3.05) is 52.6 Å². The van der Waals surface area contributed by atoms with Gasteiger partial charge in [0.1, 0.15) is 0 Å². The highest BCUT2D eigenvalue weighted by Gasteiger charge is 2.24. The van der Waals surface area contributed by atoms with Gasteiger partial charge in [0, 0.05) is 52.4 Å². The smallest absolute Gasteiger partial charge is 0.219 e. The molecule has 2 fully saturated rings. The summed E-state index contributed by atoms with van der Waals surface area (Å²) in [7, 11) is 0. The van der Waals surface area contributed by atoms with Crippen LogP contribution in [0.2, 0.25) is 0 Å². The van der Waals surface area contributed by atoms with E-state index in [2.05, 4.69) is 4.90 Å². The number of carbonyl (C=O) groups is 1. The first-order valence-electron chi connectivity index (χ1n) is 6.92. The summed E-state index contributed by atoms with van der Waals surface area (Å²) in [6, 6.07) is 0.372. The molecule has 2 saturated heterocycles. The number of carbonyl (C=O) groups excluding carboxylic acids is 1. The third kappa shape index (κ3) is 3.93. The van der Waals surface area contributed by atoms with Gasteiger partial charge in [-0.25, -0.2) is 0 Å². The predicted molar refractivity (Wildman–Crippen MR) is 68.5 cm³/mol. The van der Waals surface area contributed by atoms with Crippen molar-refractivity contribution in [3.63, 3.8) is 0 Å². The Morgan fingerprint density at radius 1 is 1.17 bits per heavy atom. The fraction of sp³-hybridized carbons (Fsp3) is 0.923. The maximum absolute atomic E-state index is 11.8. The van der Waals surface area contributed by atoms with E-state index >= 15 is 0 Å². The zero-order chi connectivity index (χ0) is 12.8. The van der Waals surface area contributed by atoms with Crippen LogP contribution >= 0.6 is 0 Å². The molecule has 0 saturated carbocycles. The van der Waals surface area contributed by atoms with Crippen molar-refractivity contribution in [2.45, 2.75) is 25.8 Å². The van der Waals surface area contributed by atoms with Crippen LogP contribution < -0.4 is 0 Å². The largest absolute Gasteiger partial charge is 0.381 e. The fourth-order valence-electron chi connectivity index (χ4n) is 2.67. The number of amides is 1. The number of hydrogen-bond acceptors (Lipinski definition) is 4. The molecule has 0 aromatic heterocycles. The third-order valence-corrected chi connectivity index (χ3v) is 3.80. The first kappa shape index (κ1) is 13.8. The van der Waals surface area contributed by atoms with E-state index in [9.17, 15) is 4.79 Å². The average Bonchev–Trinajstić information content (AvgIpc) is 2.41. The van der Waals surface area contributed by atoms with Gasteiger partial charge in [0.25, 0.3) is 0 Å². The molecular formula is C13H24N2O3. The summed E-state index contributed by atoms with van der Waals surface area (Å²) in [6.07, 6.45) is 1.95. The summed E-state index contributed by atoms with van der Waals surface area (Å²) >= 11 is 0. The van der Waals surface area contributed by atoms with Crippen molar-refractivity contribution in [3.05, 3.63) is 0 Å². The van der Waals surface area contributed by atoms with Crippen LogP contribution in [-0.4, -0.2) is 74.4 Å². The molecule has 0 radical (unpaired) electrons.